The van der Waals surface area contributed by atoms with Gasteiger partial charge in [-0.2, -0.15) is 5.10 Å². The number of rotatable bonds is 4. The van der Waals surface area contributed by atoms with Crippen molar-refractivity contribution in [3.05, 3.63) is 52.8 Å². The minimum absolute atomic E-state index is 0.389. The Morgan fingerprint density at radius 1 is 1.17 bits per heavy atom. The average Bonchev–Trinajstić information content (AvgIpc) is 2.38. The summed E-state index contributed by atoms with van der Waals surface area (Å²) in [5.41, 5.74) is 2.02. The lowest BCUT2D eigenvalue weighted by Crippen LogP contribution is -2.00. The molecule has 1 aromatic carbocycles. The third-order valence-corrected chi connectivity index (χ3v) is 2.80. The van der Waals surface area contributed by atoms with E-state index in [1.54, 1.807) is 6.07 Å². The van der Waals surface area contributed by atoms with Gasteiger partial charge in [-0.05, 0) is 35.7 Å². The van der Waals surface area contributed by atoms with Crippen molar-refractivity contribution in [1.82, 2.24) is 10.2 Å². The van der Waals surface area contributed by atoms with Crippen LogP contribution in [0.5, 0.6) is 5.75 Å². The molecule has 3 nitrogen and oxygen atoms in total. The lowest BCUT2D eigenvalue weighted by molar-refractivity contribution is 0.299. The highest BCUT2D eigenvalue weighted by Gasteiger charge is 2.02. The van der Waals surface area contributed by atoms with Crippen LogP contribution in [0.1, 0.15) is 31.0 Å². The molecule has 0 N–H and O–H groups in total. The van der Waals surface area contributed by atoms with Crippen molar-refractivity contribution in [3.8, 4) is 5.75 Å². The van der Waals surface area contributed by atoms with Gasteiger partial charge in [-0.25, -0.2) is 0 Å². The van der Waals surface area contributed by atoms with Crippen LogP contribution in [0, 0.1) is 0 Å². The van der Waals surface area contributed by atoms with E-state index in [1.165, 1.54) is 5.56 Å². The first-order valence-electron chi connectivity index (χ1n) is 5.86. The Bertz CT molecular complexity index is 511. The summed E-state index contributed by atoms with van der Waals surface area (Å²) in [5, 5.41) is 8.11. The molecule has 0 atom stereocenters. The summed E-state index contributed by atoms with van der Waals surface area (Å²) < 4.78 is 5.68. The maximum absolute atomic E-state index is 5.68. The summed E-state index contributed by atoms with van der Waals surface area (Å²) in [7, 11) is 0. The lowest BCUT2D eigenvalue weighted by atomic mass is 10.0. The highest BCUT2D eigenvalue weighted by atomic mass is 35.5. The van der Waals surface area contributed by atoms with E-state index in [0.29, 0.717) is 17.7 Å². The van der Waals surface area contributed by atoms with Gasteiger partial charge in [-0.15, -0.1) is 5.10 Å². The molecule has 94 valence electrons. The van der Waals surface area contributed by atoms with Gasteiger partial charge in [0.25, 0.3) is 0 Å². The minimum Gasteiger partial charge on any atom is -0.487 e. The van der Waals surface area contributed by atoms with Crippen LogP contribution in [-0.4, -0.2) is 10.2 Å². The highest BCUT2D eigenvalue weighted by molar-refractivity contribution is 6.29. The van der Waals surface area contributed by atoms with E-state index in [1.807, 2.05) is 24.3 Å². The first-order valence-corrected chi connectivity index (χ1v) is 6.24. The summed E-state index contributed by atoms with van der Waals surface area (Å²) >= 11 is 5.67. The topological polar surface area (TPSA) is 35.0 Å². The number of aromatic nitrogens is 2. The summed E-state index contributed by atoms with van der Waals surface area (Å²) in [6.07, 6.45) is 0. The molecule has 0 fully saturated rings. The SMILES string of the molecule is CC(C)c1cccc(OCc2ccc(Cl)nn2)c1. The predicted octanol–water partition coefficient (Wildman–Crippen LogP) is 3.83. The smallest absolute Gasteiger partial charge is 0.151 e. The van der Waals surface area contributed by atoms with E-state index in [9.17, 15) is 0 Å². The van der Waals surface area contributed by atoms with E-state index in [4.69, 9.17) is 16.3 Å². The summed E-state index contributed by atoms with van der Waals surface area (Å²) in [5.74, 6) is 1.34. The van der Waals surface area contributed by atoms with E-state index in [-0.39, 0.29) is 0 Å². The van der Waals surface area contributed by atoms with Gasteiger partial charge in [0.05, 0.1) is 0 Å². The molecule has 0 spiro atoms. The van der Waals surface area contributed by atoms with Crippen molar-refractivity contribution >= 4 is 11.6 Å². The third kappa shape index (κ3) is 3.44. The Kier molecular flexibility index (Phi) is 4.15. The minimum atomic E-state index is 0.389. The maximum atomic E-state index is 5.68. The van der Waals surface area contributed by atoms with Crippen LogP contribution in [-0.2, 0) is 6.61 Å². The fourth-order valence-corrected chi connectivity index (χ4v) is 1.64. The Morgan fingerprint density at radius 3 is 2.67 bits per heavy atom. The van der Waals surface area contributed by atoms with Crippen molar-refractivity contribution < 1.29 is 4.74 Å². The van der Waals surface area contributed by atoms with Crippen LogP contribution in [0.3, 0.4) is 0 Å². The van der Waals surface area contributed by atoms with Crippen LogP contribution in [0.15, 0.2) is 36.4 Å². The van der Waals surface area contributed by atoms with E-state index >= 15 is 0 Å². The van der Waals surface area contributed by atoms with Gasteiger partial charge < -0.3 is 4.74 Å². The molecule has 18 heavy (non-hydrogen) atoms. The monoisotopic (exact) mass is 262 g/mol. The van der Waals surface area contributed by atoms with Gasteiger partial charge >= 0.3 is 0 Å². The second-order valence-electron chi connectivity index (χ2n) is 4.36. The molecular formula is C14H15ClN2O. The van der Waals surface area contributed by atoms with Crippen molar-refractivity contribution in [1.29, 1.82) is 0 Å². The summed E-state index contributed by atoms with van der Waals surface area (Å²) in [4.78, 5) is 0. The zero-order chi connectivity index (χ0) is 13.0. The summed E-state index contributed by atoms with van der Waals surface area (Å²) in [6, 6.07) is 11.6. The Morgan fingerprint density at radius 2 is 2.00 bits per heavy atom. The number of ether oxygens (including phenoxy) is 1. The molecule has 0 radical (unpaired) electrons. The molecule has 0 aliphatic rings. The molecule has 1 aromatic heterocycles. The van der Waals surface area contributed by atoms with Crippen molar-refractivity contribution in [2.75, 3.05) is 0 Å². The lowest BCUT2D eigenvalue weighted by Gasteiger charge is -2.09. The van der Waals surface area contributed by atoms with Gasteiger partial charge in [0.2, 0.25) is 0 Å². The average molecular weight is 263 g/mol. The normalized spacial score (nSPS) is 10.7. The van der Waals surface area contributed by atoms with Crippen LogP contribution in [0.4, 0.5) is 0 Å². The summed E-state index contributed by atoms with van der Waals surface area (Å²) in [6.45, 7) is 4.71. The fraction of sp³-hybridized carbons (Fsp3) is 0.286. The maximum Gasteiger partial charge on any atom is 0.151 e. The molecule has 0 aliphatic heterocycles. The molecule has 4 heteroatoms. The first-order chi connectivity index (χ1) is 8.65. The molecule has 2 aromatic rings. The van der Waals surface area contributed by atoms with E-state index < -0.39 is 0 Å². The second-order valence-corrected chi connectivity index (χ2v) is 4.75. The van der Waals surface area contributed by atoms with Gasteiger partial charge in [0, 0.05) is 0 Å². The number of benzene rings is 1. The van der Waals surface area contributed by atoms with Crippen LogP contribution in [0.25, 0.3) is 0 Å². The van der Waals surface area contributed by atoms with Crippen LogP contribution in [0.2, 0.25) is 5.15 Å². The van der Waals surface area contributed by atoms with Gasteiger partial charge in [0.15, 0.2) is 5.15 Å². The molecule has 0 saturated carbocycles. The Balaban J connectivity index is 2.01. The quantitative estimate of drug-likeness (QED) is 0.840. The second kappa shape index (κ2) is 5.83. The van der Waals surface area contributed by atoms with Crippen LogP contribution < -0.4 is 4.74 Å². The molecule has 0 saturated heterocycles. The largest absolute Gasteiger partial charge is 0.487 e. The van der Waals surface area contributed by atoms with Gasteiger partial charge in [-0.3, -0.25) is 0 Å². The molecular weight excluding hydrogens is 248 g/mol. The van der Waals surface area contributed by atoms with Gasteiger partial charge in [0.1, 0.15) is 18.1 Å². The molecule has 0 amide bonds. The van der Waals surface area contributed by atoms with Crippen LogP contribution >= 0.6 is 11.6 Å². The standard InChI is InChI=1S/C14H15ClN2O/c1-10(2)11-4-3-5-13(8-11)18-9-12-6-7-14(15)17-16-12/h3-8,10H,9H2,1-2H3. The molecule has 2 rings (SSSR count). The van der Waals surface area contributed by atoms with E-state index in [2.05, 4.69) is 30.1 Å². The Labute approximate surface area is 112 Å². The number of hydrogen-bond donors (Lipinski definition) is 0. The van der Waals surface area contributed by atoms with Crippen molar-refractivity contribution in [3.63, 3.8) is 0 Å². The Hall–Kier alpha value is -1.61. The highest BCUT2D eigenvalue weighted by Crippen LogP contribution is 2.20. The first kappa shape index (κ1) is 12.8. The van der Waals surface area contributed by atoms with Crippen molar-refractivity contribution in [2.45, 2.75) is 26.4 Å². The van der Waals surface area contributed by atoms with Gasteiger partial charge in [-0.1, -0.05) is 37.6 Å². The fourth-order valence-electron chi connectivity index (χ4n) is 1.54. The number of nitrogens with zero attached hydrogens (tertiary/aromatic N) is 2. The molecule has 0 aliphatic carbocycles. The number of halogens is 1. The molecule has 0 unspecified atom stereocenters. The van der Waals surface area contributed by atoms with Crippen molar-refractivity contribution in [2.24, 2.45) is 0 Å². The number of hydrogen-bond acceptors (Lipinski definition) is 3. The predicted molar refractivity (Wildman–Crippen MR) is 71.9 cm³/mol. The zero-order valence-corrected chi connectivity index (χ0v) is 11.2. The van der Waals surface area contributed by atoms with E-state index in [0.717, 1.165) is 11.4 Å². The molecule has 1 heterocycles. The third-order valence-electron chi connectivity index (χ3n) is 2.60. The zero-order valence-electron chi connectivity index (χ0n) is 10.4. The molecule has 0 bridgehead atoms.